The summed E-state index contributed by atoms with van der Waals surface area (Å²) in [7, 11) is 0. The van der Waals surface area contributed by atoms with E-state index < -0.39 is 0 Å². The number of rotatable bonds is 3. The van der Waals surface area contributed by atoms with Crippen molar-refractivity contribution in [3.05, 3.63) is 20.3 Å². The Labute approximate surface area is 119 Å². The van der Waals surface area contributed by atoms with Crippen molar-refractivity contribution in [3.8, 4) is 0 Å². The van der Waals surface area contributed by atoms with Crippen LogP contribution in [0.5, 0.6) is 0 Å². The molecule has 2 rings (SSSR count). The van der Waals surface area contributed by atoms with E-state index in [9.17, 15) is 4.79 Å². The van der Waals surface area contributed by atoms with Crippen LogP contribution in [0.15, 0.2) is 9.85 Å². The number of carbonyl (C=O) groups is 1. The molecule has 1 aromatic rings. The quantitative estimate of drug-likeness (QED) is 0.910. The summed E-state index contributed by atoms with van der Waals surface area (Å²) in [4.78, 5) is 12.7. The van der Waals surface area contributed by atoms with E-state index in [2.05, 4.69) is 21.2 Å². The molecule has 1 N–H and O–H groups in total. The van der Waals surface area contributed by atoms with Crippen LogP contribution in [0.3, 0.4) is 0 Å². The van der Waals surface area contributed by atoms with Crippen molar-refractivity contribution in [1.82, 2.24) is 5.32 Å². The van der Waals surface area contributed by atoms with Crippen molar-refractivity contribution >= 4 is 44.9 Å². The summed E-state index contributed by atoms with van der Waals surface area (Å²) in [5.74, 6) is 1.31. The maximum Gasteiger partial charge on any atom is 0.261 e. The second-order valence-corrected chi connectivity index (χ2v) is 8.04. The van der Waals surface area contributed by atoms with E-state index in [0.29, 0.717) is 5.25 Å². The fourth-order valence-corrected chi connectivity index (χ4v) is 4.52. The Morgan fingerprint density at radius 1 is 1.59 bits per heavy atom. The Morgan fingerprint density at radius 3 is 3.00 bits per heavy atom. The van der Waals surface area contributed by atoms with Gasteiger partial charge in [0.25, 0.3) is 5.91 Å². The van der Waals surface area contributed by atoms with Gasteiger partial charge < -0.3 is 5.32 Å². The van der Waals surface area contributed by atoms with Crippen LogP contribution in [0, 0.1) is 6.92 Å². The molecule has 17 heavy (non-hydrogen) atoms. The highest BCUT2D eigenvalue weighted by molar-refractivity contribution is 9.11. The highest BCUT2D eigenvalue weighted by atomic mass is 79.9. The van der Waals surface area contributed by atoms with Gasteiger partial charge in [-0.2, -0.15) is 11.8 Å². The van der Waals surface area contributed by atoms with Crippen LogP contribution < -0.4 is 5.32 Å². The zero-order chi connectivity index (χ0) is 12.3. The van der Waals surface area contributed by atoms with Crippen LogP contribution in [-0.4, -0.2) is 23.5 Å². The van der Waals surface area contributed by atoms with Crippen molar-refractivity contribution in [2.24, 2.45) is 0 Å². The Bertz CT molecular complexity index is 380. The van der Waals surface area contributed by atoms with Gasteiger partial charge in [0.1, 0.15) is 0 Å². The molecule has 1 aliphatic rings. The Hall–Kier alpha value is 0. The number of amides is 1. The lowest BCUT2D eigenvalue weighted by molar-refractivity contribution is 0.0957. The second kappa shape index (κ2) is 6.25. The zero-order valence-corrected chi connectivity index (χ0v) is 13.0. The van der Waals surface area contributed by atoms with Gasteiger partial charge in [-0.3, -0.25) is 4.79 Å². The van der Waals surface area contributed by atoms with Crippen LogP contribution in [-0.2, 0) is 0 Å². The Morgan fingerprint density at radius 2 is 2.41 bits per heavy atom. The molecule has 1 atom stereocenters. The largest absolute Gasteiger partial charge is 0.350 e. The number of thioether (sulfide) groups is 1. The minimum absolute atomic E-state index is 0.0648. The number of hydrogen-bond acceptors (Lipinski definition) is 3. The van der Waals surface area contributed by atoms with Gasteiger partial charge in [-0.05, 0) is 53.1 Å². The summed E-state index contributed by atoms with van der Waals surface area (Å²) in [6.07, 6.45) is 3.86. The standard InChI is InChI=1S/C12H16BrNOS2/c1-8-6-10(17-11(8)13)12(15)14-7-9-4-2-3-5-16-9/h6,9H,2-5,7H2,1H3,(H,14,15). The molecular weight excluding hydrogens is 318 g/mol. The van der Waals surface area contributed by atoms with Crippen molar-refractivity contribution in [1.29, 1.82) is 0 Å². The molecule has 0 radical (unpaired) electrons. The average molecular weight is 334 g/mol. The van der Waals surface area contributed by atoms with Gasteiger partial charge >= 0.3 is 0 Å². The van der Waals surface area contributed by atoms with E-state index in [1.54, 1.807) is 0 Å². The van der Waals surface area contributed by atoms with Gasteiger partial charge in [0.15, 0.2) is 0 Å². The maximum absolute atomic E-state index is 11.9. The summed E-state index contributed by atoms with van der Waals surface area (Å²) in [6.45, 7) is 2.81. The first kappa shape index (κ1) is 13.4. The molecule has 1 unspecified atom stereocenters. The first-order valence-corrected chi connectivity index (χ1v) is 8.48. The van der Waals surface area contributed by atoms with Crippen molar-refractivity contribution in [2.45, 2.75) is 31.4 Å². The van der Waals surface area contributed by atoms with Crippen LogP contribution in [0.1, 0.15) is 34.5 Å². The normalized spacial score (nSPS) is 20.2. The van der Waals surface area contributed by atoms with Gasteiger partial charge in [0.05, 0.1) is 8.66 Å². The van der Waals surface area contributed by atoms with Crippen molar-refractivity contribution in [2.75, 3.05) is 12.3 Å². The molecule has 1 fully saturated rings. The van der Waals surface area contributed by atoms with E-state index in [4.69, 9.17) is 0 Å². The molecule has 0 aromatic carbocycles. The van der Waals surface area contributed by atoms with Crippen LogP contribution in [0.4, 0.5) is 0 Å². The monoisotopic (exact) mass is 333 g/mol. The average Bonchev–Trinajstić information content (AvgIpc) is 2.68. The summed E-state index contributed by atoms with van der Waals surface area (Å²) in [6, 6.07) is 1.94. The lowest BCUT2D eigenvalue weighted by atomic mass is 10.2. The predicted octanol–water partition coefficient (Wildman–Crippen LogP) is 3.83. The van der Waals surface area contributed by atoms with E-state index in [1.165, 1.54) is 36.4 Å². The number of hydrogen-bond donors (Lipinski definition) is 1. The van der Waals surface area contributed by atoms with Crippen LogP contribution in [0.2, 0.25) is 0 Å². The minimum atomic E-state index is 0.0648. The molecule has 2 nitrogen and oxygen atoms in total. The summed E-state index contributed by atoms with van der Waals surface area (Å²) < 4.78 is 1.05. The number of halogens is 1. The fourth-order valence-electron chi connectivity index (χ4n) is 1.83. The highest BCUT2D eigenvalue weighted by Crippen LogP contribution is 2.28. The van der Waals surface area contributed by atoms with E-state index in [-0.39, 0.29) is 5.91 Å². The molecule has 0 bridgehead atoms. The van der Waals surface area contributed by atoms with Gasteiger partial charge in [0.2, 0.25) is 0 Å². The summed E-state index contributed by atoms with van der Waals surface area (Å²) in [5, 5.41) is 3.65. The number of thiophene rings is 1. The summed E-state index contributed by atoms with van der Waals surface area (Å²) >= 11 is 6.94. The van der Waals surface area contributed by atoms with Crippen molar-refractivity contribution in [3.63, 3.8) is 0 Å². The number of aryl methyl sites for hydroxylation is 1. The third-order valence-corrected chi connectivity index (χ3v) is 6.38. The Kier molecular flexibility index (Phi) is 4.94. The smallest absolute Gasteiger partial charge is 0.261 e. The first-order valence-electron chi connectivity index (χ1n) is 5.82. The van der Waals surface area contributed by atoms with E-state index >= 15 is 0 Å². The lowest BCUT2D eigenvalue weighted by Gasteiger charge is -2.21. The van der Waals surface area contributed by atoms with Gasteiger partial charge in [0, 0.05) is 11.8 Å². The topological polar surface area (TPSA) is 29.1 Å². The SMILES string of the molecule is Cc1cc(C(=O)NCC2CCCCS2)sc1Br. The third kappa shape index (κ3) is 3.73. The molecule has 0 saturated carbocycles. The molecule has 5 heteroatoms. The number of nitrogens with one attached hydrogen (secondary N) is 1. The lowest BCUT2D eigenvalue weighted by Crippen LogP contribution is -2.31. The third-order valence-electron chi connectivity index (χ3n) is 2.85. The zero-order valence-electron chi connectivity index (χ0n) is 9.79. The maximum atomic E-state index is 11.9. The fraction of sp³-hybridized carbons (Fsp3) is 0.583. The van der Waals surface area contributed by atoms with E-state index in [1.807, 2.05) is 24.8 Å². The summed E-state index contributed by atoms with van der Waals surface area (Å²) in [5.41, 5.74) is 1.13. The van der Waals surface area contributed by atoms with Crippen molar-refractivity contribution < 1.29 is 4.79 Å². The second-order valence-electron chi connectivity index (χ2n) is 4.27. The van der Waals surface area contributed by atoms with Gasteiger partial charge in [-0.25, -0.2) is 0 Å². The highest BCUT2D eigenvalue weighted by Gasteiger charge is 2.16. The van der Waals surface area contributed by atoms with Gasteiger partial charge in [-0.1, -0.05) is 6.42 Å². The number of carbonyl (C=O) groups excluding carboxylic acids is 1. The Balaban J connectivity index is 1.84. The molecule has 1 aliphatic heterocycles. The van der Waals surface area contributed by atoms with Crippen LogP contribution >= 0.6 is 39.0 Å². The molecule has 0 spiro atoms. The molecule has 1 aromatic heterocycles. The predicted molar refractivity (Wildman–Crippen MR) is 79.2 cm³/mol. The van der Waals surface area contributed by atoms with E-state index in [0.717, 1.165) is 20.8 Å². The molecule has 2 heterocycles. The minimum Gasteiger partial charge on any atom is -0.350 e. The molecule has 1 saturated heterocycles. The molecule has 0 aliphatic carbocycles. The van der Waals surface area contributed by atoms with Crippen LogP contribution in [0.25, 0.3) is 0 Å². The molecule has 1 amide bonds. The molecular formula is C12H16BrNOS2. The first-order chi connectivity index (χ1) is 8.16. The van der Waals surface area contributed by atoms with Gasteiger partial charge in [-0.15, -0.1) is 11.3 Å². The molecule has 94 valence electrons.